The van der Waals surface area contributed by atoms with Gasteiger partial charge in [0.05, 0.1) is 5.52 Å². The van der Waals surface area contributed by atoms with E-state index >= 15 is 0 Å². The minimum absolute atomic E-state index is 0.473. The molecule has 1 aromatic carbocycles. The van der Waals surface area contributed by atoms with E-state index in [-0.39, 0.29) is 0 Å². The quantitative estimate of drug-likeness (QED) is 0.715. The number of para-hydroxylation sites is 1. The molecular formula is C16H19N3. The Labute approximate surface area is 113 Å². The topological polar surface area (TPSA) is 21.1 Å². The van der Waals surface area contributed by atoms with E-state index < -0.39 is 0 Å². The van der Waals surface area contributed by atoms with Gasteiger partial charge >= 0.3 is 0 Å². The first-order chi connectivity index (χ1) is 9.18. The highest BCUT2D eigenvalue weighted by atomic mass is 15.1. The second-order valence-electron chi connectivity index (χ2n) is 5.31. The van der Waals surface area contributed by atoms with Crippen LogP contribution in [0.2, 0.25) is 0 Å². The molecule has 0 amide bonds. The molecule has 0 aliphatic heterocycles. The van der Waals surface area contributed by atoms with E-state index in [0.29, 0.717) is 6.04 Å². The standard InChI is InChI=1S/C16H19N3/c1-12(18(2)3)11-19-15-9-5-4-7-13(15)14-8-6-10-17-16(14)19/h4-10,12H,11H2,1-3H3. The van der Waals surface area contributed by atoms with Crippen molar-refractivity contribution >= 4 is 21.9 Å². The van der Waals surface area contributed by atoms with Crippen LogP contribution in [0.25, 0.3) is 21.9 Å². The van der Waals surface area contributed by atoms with Gasteiger partial charge in [-0.25, -0.2) is 4.98 Å². The Bertz CT molecular complexity index is 659. The lowest BCUT2D eigenvalue weighted by atomic mass is 10.2. The first kappa shape index (κ1) is 12.2. The van der Waals surface area contributed by atoms with Gasteiger partial charge in [0.1, 0.15) is 5.65 Å². The molecule has 0 bridgehead atoms. The molecule has 3 rings (SSSR count). The van der Waals surface area contributed by atoms with Crippen LogP contribution >= 0.6 is 0 Å². The Morgan fingerprint density at radius 2 is 1.84 bits per heavy atom. The van der Waals surface area contributed by atoms with Gasteiger partial charge in [-0.15, -0.1) is 0 Å². The molecule has 98 valence electrons. The highest BCUT2D eigenvalue weighted by Gasteiger charge is 2.13. The van der Waals surface area contributed by atoms with E-state index in [2.05, 4.69) is 65.8 Å². The Balaban J connectivity index is 2.25. The first-order valence-corrected chi connectivity index (χ1v) is 6.67. The number of benzene rings is 1. The summed E-state index contributed by atoms with van der Waals surface area (Å²) in [5.74, 6) is 0. The summed E-state index contributed by atoms with van der Waals surface area (Å²) >= 11 is 0. The molecule has 19 heavy (non-hydrogen) atoms. The van der Waals surface area contributed by atoms with Crippen molar-refractivity contribution in [1.29, 1.82) is 0 Å². The summed E-state index contributed by atoms with van der Waals surface area (Å²) in [7, 11) is 4.23. The third-order valence-electron chi connectivity index (χ3n) is 3.86. The maximum atomic E-state index is 4.58. The lowest BCUT2D eigenvalue weighted by Crippen LogP contribution is -2.29. The molecule has 0 saturated heterocycles. The predicted octanol–water partition coefficient (Wildman–Crippen LogP) is 3.14. The molecule has 0 radical (unpaired) electrons. The van der Waals surface area contributed by atoms with Crippen molar-refractivity contribution in [3.63, 3.8) is 0 Å². The number of pyridine rings is 1. The molecule has 1 atom stereocenters. The van der Waals surface area contributed by atoms with Gasteiger partial charge in [0.15, 0.2) is 0 Å². The molecule has 0 spiro atoms. The van der Waals surface area contributed by atoms with Gasteiger partial charge in [-0.1, -0.05) is 18.2 Å². The average Bonchev–Trinajstić information content (AvgIpc) is 2.74. The maximum Gasteiger partial charge on any atom is 0.140 e. The Kier molecular flexibility index (Phi) is 2.99. The second-order valence-corrected chi connectivity index (χ2v) is 5.31. The molecule has 2 aromatic heterocycles. The summed E-state index contributed by atoms with van der Waals surface area (Å²) in [5, 5.41) is 2.53. The third-order valence-corrected chi connectivity index (χ3v) is 3.86. The highest BCUT2D eigenvalue weighted by molar-refractivity contribution is 6.06. The van der Waals surface area contributed by atoms with Crippen LogP contribution in [0.15, 0.2) is 42.6 Å². The summed E-state index contributed by atoms with van der Waals surface area (Å²) < 4.78 is 2.33. The van der Waals surface area contributed by atoms with Crippen LogP contribution in [0.1, 0.15) is 6.92 Å². The fraction of sp³-hybridized carbons (Fsp3) is 0.312. The minimum atomic E-state index is 0.473. The maximum absolute atomic E-state index is 4.58. The number of rotatable bonds is 3. The molecule has 2 heterocycles. The van der Waals surface area contributed by atoms with Crippen molar-refractivity contribution in [2.24, 2.45) is 0 Å². The van der Waals surface area contributed by atoms with Crippen LogP contribution < -0.4 is 0 Å². The number of hydrogen-bond acceptors (Lipinski definition) is 2. The Hall–Kier alpha value is -1.87. The van der Waals surface area contributed by atoms with Gasteiger partial charge < -0.3 is 9.47 Å². The lowest BCUT2D eigenvalue weighted by molar-refractivity contribution is 0.288. The van der Waals surface area contributed by atoms with Gasteiger partial charge in [0.2, 0.25) is 0 Å². The largest absolute Gasteiger partial charge is 0.324 e. The average molecular weight is 253 g/mol. The number of likely N-dealkylation sites (N-methyl/N-ethyl adjacent to an activating group) is 1. The summed E-state index contributed by atoms with van der Waals surface area (Å²) in [5.41, 5.74) is 2.35. The SMILES string of the molecule is CC(Cn1c2ccccc2c2cccnc21)N(C)C. The minimum Gasteiger partial charge on any atom is -0.324 e. The molecule has 3 nitrogen and oxygen atoms in total. The van der Waals surface area contributed by atoms with Crippen molar-refractivity contribution in [2.45, 2.75) is 19.5 Å². The van der Waals surface area contributed by atoms with Crippen LogP contribution in [-0.2, 0) is 6.54 Å². The monoisotopic (exact) mass is 253 g/mol. The van der Waals surface area contributed by atoms with Gasteiger partial charge in [-0.2, -0.15) is 0 Å². The fourth-order valence-electron chi connectivity index (χ4n) is 2.49. The van der Waals surface area contributed by atoms with Crippen molar-refractivity contribution in [2.75, 3.05) is 14.1 Å². The van der Waals surface area contributed by atoms with Crippen molar-refractivity contribution in [3.8, 4) is 0 Å². The normalized spacial score (nSPS) is 13.5. The highest BCUT2D eigenvalue weighted by Crippen LogP contribution is 2.27. The van der Waals surface area contributed by atoms with Crippen LogP contribution in [0, 0.1) is 0 Å². The van der Waals surface area contributed by atoms with Crippen LogP contribution in [0.4, 0.5) is 0 Å². The number of fused-ring (bicyclic) bond motifs is 3. The first-order valence-electron chi connectivity index (χ1n) is 6.67. The van der Waals surface area contributed by atoms with Crippen LogP contribution in [0.3, 0.4) is 0 Å². The molecule has 1 unspecified atom stereocenters. The van der Waals surface area contributed by atoms with Crippen molar-refractivity contribution in [1.82, 2.24) is 14.5 Å². The summed E-state index contributed by atoms with van der Waals surface area (Å²) in [6.45, 7) is 3.19. The molecule has 0 aliphatic rings. The van der Waals surface area contributed by atoms with E-state index in [4.69, 9.17) is 0 Å². The van der Waals surface area contributed by atoms with E-state index in [1.807, 2.05) is 12.3 Å². The summed E-state index contributed by atoms with van der Waals surface area (Å²) in [4.78, 5) is 6.81. The zero-order valence-corrected chi connectivity index (χ0v) is 11.7. The van der Waals surface area contributed by atoms with E-state index in [9.17, 15) is 0 Å². The Morgan fingerprint density at radius 3 is 2.63 bits per heavy atom. The fourth-order valence-corrected chi connectivity index (χ4v) is 2.49. The zero-order chi connectivity index (χ0) is 13.4. The van der Waals surface area contributed by atoms with Gasteiger partial charge in [-0.05, 0) is 39.2 Å². The second kappa shape index (κ2) is 4.67. The number of aromatic nitrogens is 2. The molecule has 0 N–H and O–H groups in total. The van der Waals surface area contributed by atoms with Crippen LogP contribution in [0.5, 0.6) is 0 Å². The van der Waals surface area contributed by atoms with Gasteiger partial charge in [0.25, 0.3) is 0 Å². The van der Waals surface area contributed by atoms with Crippen molar-refractivity contribution < 1.29 is 0 Å². The third kappa shape index (κ3) is 2.00. The number of nitrogens with zero attached hydrogens (tertiary/aromatic N) is 3. The summed E-state index contributed by atoms with van der Waals surface area (Å²) in [6.07, 6.45) is 1.87. The molecule has 0 saturated carbocycles. The van der Waals surface area contributed by atoms with Crippen LogP contribution in [-0.4, -0.2) is 34.6 Å². The lowest BCUT2D eigenvalue weighted by Gasteiger charge is -2.21. The van der Waals surface area contributed by atoms with Gasteiger partial charge in [0, 0.05) is 29.6 Å². The Morgan fingerprint density at radius 1 is 1.11 bits per heavy atom. The molecule has 3 aromatic rings. The van der Waals surface area contributed by atoms with E-state index in [0.717, 1.165) is 12.2 Å². The molecule has 3 heteroatoms. The van der Waals surface area contributed by atoms with E-state index in [1.54, 1.807) is 0 Å². The van der Waals surface area contributed by atoms with Gasteiger partial charge in [-0.3, -0.25) is 0 Å². The van der Waals surface area contributed by atoms with E-state index in [1.165, 1.54) is 16.3 Å². The summed E-state index contributed by atoms with van der Waals surface area (Å²) in [6, 6.07) is 13.2. The number of hydrogen-bond donors (Lipinski definition) is 0. The molecular weight excluding hydrogens is 234 g/mol. The zero-order valence-electron chi connectivity index (χ0n) is 11.7. The molecule has 0 aliphatic carbocycles. The molecule has 0 fully saturated rings. The smallest absolute Gasteiger partial charge is 0.140 e. The predicted molar refractivity (Wildman–Crippen MR) is 80.4 cm³/mol. The van der Waals surface area contributed by atoms with Crippen molar-refractivity contribution in [3.05, 3.63) is 42.6 Å².